The molecule has 0 spiro atoms. The topological polar surface area (TPSA) is 157 Å². The molecule has 0 amide bonds. The summed E-state index contributed by atoms with van der Waals surface area (Å²) < 4.78 is 35.2. The van der Waals surface area contributed by atoms with Gasteiger partial charge in [0.05, 0.1) is 28.5 Å². The lowest BCUT2D eigenvalue weighted by molar-refractivity contribution is -0.295. The van der Waals surface area contributed by atoms with Crippen molar-refractivity contribution in [3.05, 3.63) is 150 Å². The zero-order chi connectivity index (χ0) is 37.9. The van der Waals surface area contributed by atoms with E-state index in [2.05, 4.69) is 4.98 Å². The number of carbonyl (C=O) groups excluding carboxylic acids is 4. The summed E-state index contributed by atoms with van der Waals surface area (Å²) in [7, 11) is 1.31. The van der Waals surface area contributed by atoms with Crippen molar-refractivity contribution in [1.82, 2.24) is 4.98 Å². The van der Waals surface area contributed by atoms with E-state index in [-0.39, 0.29) is 36.0 Å². The van der Waals surface area contributed by atoms with Crippen molar-refractivity contribution in [2.75, 3.05) is 13.7 Å². The lowest BCUT2D eigenvalue weighted by Gasteiger charge is -2.44. The smallest absolute Gasteiger partial charge is 0.338 e. The zero-order valence-corrected chi connectivity index (χ0v) is 29.4. The molecule has 1 N–H and O–H groups in total. The first kappa shape index (κ1) is 37.8. The number of hydrogen-bond donors (Lipinski definition) is 1. The summed E-state index contributed by atoms with van der Waals surface area (Å²) in [5.74, 6) is -2.98. The summed E-state index contributed by atoms with van der Waals surface area (Å²) in [6.45, 7) is -0.449. The molecule has 6 rings (SSSR count). The molecule has 2 heterocycles. The minimum Gasteiger partial charge on any atom is -0.459 e. The highest BCUT2D eigenvalue weighted by atomic mass is 16.7. The van der Waals surface area contributed by atoms with Crippen molar-refractivity contribution >= 4 is 34.6 Å². The van der Waals surface area contributed by atoms with Gasteiger partial charge in [-0.15, -0.1) is 0 Å². The van der Waals surface area contributed by atoms with Crippen molar-refractivity contribution < 1.29 is 52.7 Å². The number of pyridine rings is 1. The van der Waals surface area contributed by atoms with Gasteiger partial charge in [-0.1, -0.05) is 78.9 Å². The fraction of sp³-hybridized carbons (Fsp3) is 0.262. The van der Waals surface area contributed by atoms with Gasteiger partial charge in [0.15, 0.2) is 24.6 Å². The Balaban J connectivity index is 1.25. The van der Waals surface area contributed by atoms with Crippen molar-refractivity contribution in [3.63, 3.8) is 0 Å². The number of methoxy groups -OCH3 is 1. The van der Waals surface area contributed by atoms with Crippen molar-refractivity contribution in [2.45, 2.75) is 56.1 Å². The van der Waals surface area contributed by atoms with E-state index in [0.717, 1.165) is 10.8 Å². The Morgan fingerprint density at radius 1 is 0.685 bits per heavy atom. The van der Waals surface area contributed by atoms with E-state index in [0.29, 0.717) is 5.69 Å². The minimum absolute atomic E-state index is 0.156. The average Bonchev–Trinajstić information content (AvgIpc) is 3.22. The second kappa shape index (κ2) is 18.2. The Morgan fingerprint density at radius 2 is 1.24 bits per heavy atom. The molecule has 278 valence electrons. The SMILES string of the molecule is COC1O[C@H](COC(=O)c2ccccc2)[C@H](OC(=O)CCCC(O)c2nccc3ccccc23)[C@H](OC(=O)c2ccccc2)[C@H]1OC(=O)c1ccccc1. The van der Waals surface area contributed by atoms with Crippen LogP contribution in [0.1, 0.15) is 62.1 Å². The van der Waals surface area contributed by atoms with E-state index >= 15 is 0 Å². The number of aliphatic hydroxyl groups excluding tert-OH is 1. The molecule has 0 radical (unpaired) electrons. The van der Waals surface area contributed by atoms with Crippen LogP contribution < -0.4 is 0 Å². The molecule has 6 atom stereocenters. The van der Waals surface area contributed by atoms with Crippen LogP contribution in [0.25, 0.3) is 10.8 Å². The Hall–Kier alpha value is -5.95. The maximum absolute atomic E-state index is 13.6. The van der Waals surface area contributed by atoms with Gasteiger partial charge in [-0.3, -0.25) is 9.78 Å². The van der Waals surface area contributed by atoms with E-state index in [1.54, 1.807) is 85.1 Å². The lowest BCUT2D eigenvalue weighted by Crippen LogP contribution is -2.63. The third-order valence-corrected chi connectivity index (χ3v) is 8.86. The number of esters is 4. The molecule has 12 nitrogen and oxygen atoms in total. The van der Waals surface area contributed by atoms with Gasteiger partial charge in [-0.25, -0.2) is 14.4 Å². The van der Waals surface area contributed by atoms with Gasteiger partial charge in [-0.2, -0.15) is 0 Å². The number of carbonyl (C=O) groups is 4. The Labute approximate surface area is 311 Å². The summed E-state index contributed by atoms with van der Waals surface area (Å²) in [4.78, 5) is 57.9. The second-order valence-electron chi connectivity index (χ2n) is 12.5. The van der Waals surface area contributed by atoms with Crippen LogP contribution in [-0.4, -0.2) is 78.4 Å². The molecule has 0 saturated carbocycles. The minimum atomic E-state index is -1.49. The van der Waals surface area contributed by atoms with Gasteiger partial charge in [0.1, 0.15) is 12.7 Å². The summed E-state index contributed by atoms with van der Waals surface area (Å²) >= 11 is 0. The first-order valence-electron chi connectivity index (χ1n) is 17.5. The third-order valence-electron chi connectivity index (χ3n) is 8.86. The standard InChI is InChI=1S/C42H39NO11/c1-49-42-38(54-41(48)30-19-9-4-10-20-30)37(53-40(47)29-17-7-3-8-18-29)36(33(51-42)26-50-39(46)28-15-5-2-6-16-28)52-34(45)23-13-22-32(44)35-31-21-12-11-14-27(31)24-25-43-35/h2-12,14-21,24-25,32-33,36-38,42,44H,13,22-23,26H2,1H3/t32?,33-,36+,37+,38-,42?/m1/s1. The highest BCUT2D eigenvalue weighted by Crippen LogP contribution is 2.32. The maximum atomic E-state index is 13.6. The number of fused-ring (bicyclic) bond motifs is 1. The number of aromatic nitrogens is 1. The highest BCUT2D eigenvalue weighted by Gasteiger charge is 2.53. The van der Waals surface area contributed by atoms with Crippen LogP contribution in [0, 0.1) is 0 Å². The van der Waals surface area contributed by atoms with Gasteiger partial charge in [-0.05, 0) is 60.7 Å². The summed E-state index contributed by atoms with van der Waals surface area (Å²) in [6.07, 6.45) is -6.06. The van der Waals surface area contributed by atoms with Crippen molar-refractivity contribution in [2.24, 2.45) is 0 Å². The summed E-state index contributed by atoms with van der Waals surface area (Å²) in [5.41, 5.74) is 1.14. The lowest BCUT2D eigenvalue weighted by atomic mass is 9.97. The first-order chi connectivity index (χ1) is 26.3. The van der Waals surface area contributed by atoms with Crippen LogP contribution in [0.5, 0.6) is 0 Å². The number of rotatable bonds is 14. The number of benzene rings is 4. The van der Waals surface area contributed by atoms with Gasteiger partial charge in [0.2, 0.25) is 0 Å². The molecule has 2 unspecified atom stereocenters. The molecular formula is C42H39NO11. The molecule has 5 aromatic rings. The van der Waals surface area contributed by atoms with Crippen LogP contribution >= 0.6 is 0 Å². The van der Waals surface area contributed by atoms with Gasteiger partial charge in [0, 0.05) is 25.1 Å². The van der Waals surface area contributed by atoms with Crippen LogP contribution in [-0.2, 0) is 33.2 Å². The molecule has 1 aromatic heterocycles. The quantitative estimate of drug-likeness (QED) is 0.105. The molecule has 1 aliphatic rings. The fourth-order valence-corrected chi connectivity index (χ4v) is 6.15. The van der Waals surface area contributed by atoms with E-state index in [1.807, 2.05) is 30.3 Å². The van der Waals surface area contributed by atoms with E-state index in [4.69, 9.17) is 28.4 Å². The van der Waals surface area contributed by atoms with Crippen LogP contribution in [0.3, 0.4) is 0 Å². The Kier molecular flexibility index (Phi) is 12.7. The number of aliphatic hydroxyl groups is 1. The Bertz CT molecular complexity index is 2020. The maximum Gasteiger partial charge on any atom is 0.338 e. The van der Waals surface area contributed by atoms with Gasteiger partial charge < -0.3 is 33.5 Å². The second-order valence-corrected chi connectivity index (χ2v) is 12.5. The largest absolute Gasteiger partial charge is 0.459 e. The number of ether oxygens (including phenoxy) is 6. The third kappa shape index (κ3) is 9.34. The van der Waals surface area contributed by atoms with Crippen molar-refractivity contribution in [3.8, 4) is 0 Å². The van der Waals surface area contributed by atoms with Crippen LogP contribution in [0.4, 0.5) is 0 Å². The van der Waals surface area contributed by atoms with E-state index in [1.165, 1.54) is 19.2 Å². The molecule has 0 bridgehead atoms. The van der Waals surface area contributed by atoms with E-state index < -0.39 is 67.3 Å². The summed E-state index contributed by atoms with van der Waals surface area (Å²) in [5, 5.41) is 12.7. The molecule has 54 heavy (non-hydrogen) atoms. The van der Waals surface area contributed by atoms with Gasteiger partial charge >= 0.3 is 23.9 Å². The highest BCUT2D eigenvalue weighted by molar-refractivity contribution is 5.91. The first-order valence-corrected chi connectivity index (χ1v) is 17.5. The normalized spacial score (nSPS) is 20.0. The fourth-order valence-electron chi connectivity index (χ4n) is 6.15. The molecule has 1 saturated heterocycles. The van der Waals surface area contributed by atoms with Gasteiger partial charge in [0.25, 0.3) is 0 Å². The number of nitrogens with zero attached hydrogens (tertiary/aromatic N) is 1. The summed E-state index contributed by atoms with van der Waals surface area (Å²) in [6, 6.07) is 33.9. The molecule has 4 aromatic carbocycles. The molecule has 12 heteroatoms. The Morgan fingerprint density at radius 3 is 1.85 bits per heavy atom. The molecule has 0 aliphatic carbocycles. The molecular weight excluding hydrogens is 694 g/mol. The predicted octanol–water partition coefficient (Wildman–Crippen LogP) is 6.03. The molecule has 1 aliphatic heterocycles. The van der Waals surface area contributed by atoms with E-state index in [9.17, 15) is 24.3 Å². The predicted molar refractivity (Wildman–Crippen MR) is 194 cm³/mol. The van der Waals surface area contributed by atoms with Crippen molar-refractivity contribution in [1.29, 1.82) is 0 Å². The molecule has 1 fully saturated rings. The average molecular weight is 734 g/mol. The monoisotopic (exact) mass is 733 g/mol. The van der Waals surface area contributed by atoms with Crippen LogP contribution in [0.15, 0.2) is 128 Å². The van der Waals surface area contributed by atoms with Crippen LogP contribution in [0.2, 0.25) is 0 Å². The number of hydrogen-bond acceptors (Lipinski definition) is 12. The zero-order valence-electron chi connectivity index (χ0n) is 29.4.